The van der Waals surface area contributed by atoms with Gasteiger partial charge in [-0.3, -0.25) is 9.89 Å². The first kappa shape index (κ1) is 11.1. The molecule has 1 aromatic rings. The number of amides is 1. The minimum Gasteiger partial charge on any atom is -0.384 e. The standard InChI is InChI=1S/C10H16N4O2/c1-16-5-3-9(15)12-10-7-6-11-4-2-8(7)13-14-10/h11H,2-6H2,1H3,(H2,12,13,14,15). The van der Waals surface area contributed by atoms with Crippen LogP contribution < -0.4 is 10.6 Å². The van der Waals surface area contributed by atoms with E-state index in [4.69, 9.17) is 4.74 Å². The van der Waals surface area contributed by atoms with Gasteiger partial charge >= 0.3 is 0 Å². The van der Waals surface area contributed by atoms with Crippen LogP contribution in [0.1, 0.15) is 17.7 Å². The summed E-state index contributed by atoms with van der Waals surface area (Å²) in [5, 5.41) is 13.1. The highest BCUT2D eigenvalue weighted by atomic mass is 16.5. The lowest BCUT2D eigenvalue weighted by Gasteiger charge is -2.13. The van der Waals surface area contributed by atoms with Gasteiger partial charge in [-0.1, -0.05) is 0 Å². The number of carbonyl (C=O) groups excluding carboxylic acids is 1. The van der Waals surface area contributed by atoms with Crippen LogP contribution in [0.3, 0.4) is 0 Å². The Labute approximate surface area is 93.8 Å². The van der Waals surface area contributed by atoms with E-state index in [1.807, 2.05) is 0 Å². The minimum absolute atomic E-state index is 0.0678. The minimum atomic E-state index is -0.0678. The van der Waals surface area contributed by atoms with E-state index in [1.54, 1.807) is 7.11 Å². The first-order chi connectivity index (χ1) is 7.81. The summed E-state index contributed by atoms with van der Waals surface area (Å²) in [7, 11) is 1.58. The van der Waals surface area contributed by atoms with Gasteiger partial charge in [-0.05, 0) is 0 Å². The predicted octanol–water partition coefficient (Wildman–Crippen LogP) is 0.0304. The highest BCUT2D eigenvalue weighted by Gasteiger charge is 2.17. The number of rotatable bonds is 4. The second-order valence-electron chi connectivity index (χ2n) is 3.75. The molecule has 1 aromatic heterocycles. The van der Waals surface area contributed by atoms with Crippen molar-refractivity contribution in [2.75, 3.05) is 25.6 Å². The van der Waals surface area contributed by atoms with E-state index in [0.29, 0.717) is 18.8 Å². The van der Waals surface area contributed by atoms with Gasteiger partial charge in [0.1, 0.15) is 0 Å². The Kier molecular flexibility index (Phi) is 3.53. The molecule has 6 heteroatoms. The van der Waals surface area contributed by atoms with Crippen molar-refractivity contribution in [1.29, 1.82) is 0 Å². The Balaban J connectivity index is 1.99. The topological polar surface area (TPSA) is 79.0 Å². The molecule has 2 heterocycles. The number of nitrogens with zero attached hydrogens (tertiary/aromatic N) is 1. The molecule has 0 bridgehead atoms. The molecule has 1 aliphatic heterocycles. The van der Waals surface area contributed by atoms with Crippen LogP contribution in [0.25, 0.3) is 0 Å². The van der Waals surface area contributed by atoms with E-state index in [1.165, 1.54) is 0 Å². The monoisotopic (exact) mass is 224 g/mol. The van der Waals surface area contributed by atoms with Gasteiger partial charge in [-0.15, -0.1) is 0 Å². The molecule has 0 saturated heterocycles. The van der Waals surface area contributed by atoms with Crippen LogP contribution in [0, 0.1) is 0 Å². The molecule has 0 saturated carbocycles. The van der Waals surface area contributed by atoms with Gasteiger partial charge in [-0.2, -0.15) is 5.10 Å². The summed E-state index contributed by atoms with van der Waals surface area (Å²) in [6, 6.07) is 0. The van der Waals surface area contributed by atoms with Crippen molar-refractivity contribution in [3.05, 3.63) is 11.3 Å². The normalized spacial score (nSPS) is 14.6. The fourth-order valence-electron chi connectivity index (χ4n) is 1.72. The SMILES string of the molecule is COCCC(=O)Nc1n[nH]c2c1CNCC2. The number of hydrogen-bond donors (Lipinski definition) is 3. The van der Waals surface area contributed by atoms with Crippen molar-refractivity contribution < 1.29 is 9.53 Å². The lowest BCUT2D eigenvalue weighted by atomic mass is 10.1. The van der Waals surface area contributed by atoms with E-state index in [0.717, 1.165) is 30.8 Å². The van der Waals surface area contributed by atoms with Crippen molar-refractivity contribution in [2.24, 2.45) is 0 Å². The molecule has 0 aliphatic carbocycles. The zero-order valence-electron chi connectivity index (χ0n) is 9.30. The largest absolute Gasteiger partial charge is 0.384 e. The molecule has 0 spiro atoms. The fourth-order valence-corrected chi connectivity index (χ4v) is 1.72. The Bertz CT molecular complexity index is 375. The Morgan fingerprint density at radius 1 is 1.62 bits per heavy atom. The first-order valence-corrected chi connectivity index (χ1v) is 5.37. The summed E-state index contributed by atoms with van der Waals surface area (Å²) in [6.07, 6.45) is 1.28. The number of fused-ring (bicyclic) bond motifs is 1. The number of carbonyl (C=O) groups is 1. The third kappa shape index (κ3) is 2.40. The zero-order valence-corrected chi connectivity index (χ0v) is 9.30. The number of ether oxygens (including phenoxy) is 1. The van der Waals surface area contributed by atoms with E-state index in [2.05, 4.69) is 20.8 Å². The molecule has 0 radical (unpaired) electrons. The van der Waals surface area contributed by atoms with Crippen LogP contribution in [-0.4, -0.2) is 36.4 Å². The molecule has 1 aliphatic rings. The van der Waals surface area contributed by atoms with E-state index in [-0.39, 0.29) is 5.91 Å². The first-order valence-electron chi connectivity index (χ1n) is 5.37. The van der Waals surface area contributed by atoms with Gasteiger partial charge in [-0.25, -0.2) is 0 Å². The van der Waals surface area contributed by atoms with Crippen LogP contribution >= 0.6 is 0 Å². The van der Waals surface area contributed by atoms with Crippen LogP contribution in [0.15, 0.2) is 0 Å². The second-order valence-corrected chi connectivity index (χ2v) is 3.75. The molecular formula is C10H16N4O2. The highest BCUT2D eigenvalue weighted by Crippen LogP contribution is 2.19. The third-order valence-corrected chi connectivity index (χ3v) is 2.60. The van der Waals surface area contributed by atoms with Crippen molar-refractivity contribution in [2.45, 2.75) is 19.4 Å². The Hall–Kier alpha value is -1.40. The lowest BCUT2D eigenvalue weighted by molar-refractivity contribution is -0.117. The molecule has 88 valence electrons. The van der Waals surface area contributed by atoms with Crippen LogP contribution in [0.2, 0.25) is 0 Å². The lowest BCUT2D eigenvalue weighted by Crippen LogP contribution is -2.24. The van der Waals surface area contributed by atoms with Gasteiger partial charge < -0.3 is 15.4 Å². The second kappa shape index (κ2) is 5.09. The van der Waals surface area contributed by atoms with Crippen molar-refractivity contribution in [3.63, 3.8) is 0 Å². The summed E-state index contributed by atoms with van der Waals surface area (Å²) in [6.45, 7) is 2.13. The zero-order chi connectivity index (χ0) is 11.4. The summed E-state index contributed by atoms with van der Waals surface area (Å²) in [5.74, 6) is 0.574. The van der Waals surface area contributed by atoms with E-state index in [9.17, 15) is 4.79 Å². The molecule has 1 amide bonds. The molecule has 0 aromatic carbocycles. The fraction of sp³-hybridized carbons (Fsp3) is 0.600. The van der Waals surface area contributed by atoms with Crippen molar-refractivity contribution in [3.8, 4) is 0 Å². The smallest absolute Gasteiger partial charge is 0.227 e. The number of aromatic amines is 1. The van der Waals surface area contributed by atoms with E-state index >= 15 is 0 Å². The van der Waals surface area contributed by atoms with Gasteiger partial charge in [0.05, 0.1) is 13.0 Å². The molecule has 0 fully saturated rings. The number of aromatic nitrogens is 2. The molecule has 3 N–H and O–H groups in total. The van der Waals surface area contributed by atoms with Crippen LogP contribution in [-0.2, 0) is 22.5 Å². The van der Waals surface area contributed by atoms with Gasteiger partial charge in [0.15, 0.2) is 5.82 Å². The van der Waals surface area contributed by atoms with E-state index < -0.39 is 0 Å². The highest BCUT2D eigenvalue weighted by molar-refractivity contribution is 5.90. The Morgan fingerprint density at radius 3 is 3.31 bits per heavy atom. The number of hydrogen-bond acceptors (Lipinski definition) is 4. The predicted molar refractivity (Wildman–Crippen MR) is 59.1 cm³/mol. The summed E-state index contributed by atoms with van der Waals surface area (Å²) < 4.78 is 4.84. The Morgan fingerprint density at radius 2 is 2.50 bits per heavy atom. The molecule has 16 heavy (non-hydrogen) atoms. The quantitative estimate of drug-likeness (QED) is 0.674. The number of nitrogens with one attached hydrogen (secondary N) is 3. The maximum absolute atomic E-state index is 11.5. The van der Waals surface area contributed by atoms with Crippen LogP contribution in [0.5, 0.6) is 0 Å². The van der Waals surface area contributed by atoms with Crippen molar-refractivity contribution >= 4 is 11.7 Å². The van der Waals surface area contributed by atoms with Crippen LogP contribution in [0.4, 0.5) is 5.82 Å². The van der Waals surface area contributed by atoms with Crippen molar-refractivity contribution in [1.82, 2.24) is 15.5 Å². The van der Waals surface area contributed by atoms with Gasteiger partial charge in [0.25, 0.3) is 0 Å². The maximum Gasteiger partial charge on any atom is 0.227 e. The summed E-state index contributed by atoms with van der Waals surface area (Å²) in [5.41, 5.74) is 2.18. The average Bonchev–Trinajstić information content (AvgIpc) is 2.70. The van der Waals surface area contributed by atoms with Gasteiger partial charge in [0.2, 0.25) is 5.91 Å². The average molecular weight is 224 g/mol. The summed E-state index contributed by atoms with van der Waals surface area (Å²) >= 11 is 0. The number of methoxy groups -OCH3 is 1. The molecule has 2 rings (SSSR count). The molecular weight excluding hydrogens is 208 g/mol. The molecule has 0 unspecified atom stereocenters. The molecule has 6 nitrogen and oxygen atoms in total. The third-order valence-electron chi connectivity index (χ3n) is 2.60. The maximum atomic E-state index is 11.5. The molecule has 0 atom stereocenters. The van der Waals surface area contributed by atoms with Gasteiger partial charge in [0, 0.05) is 37.9 Å². The number of H-pyrrole nitrogens is 1. The number of anilines is 1. The summed E-state index contributed by atoms with van der Waals surface area (Å²) in [4.78, 5) is 11.5.